The van der Waals surface area contributed by atoms with Gasteiger partial charge in [-0.05, 0) is 25.0 Å². The molecule has 0 unspecified atom stereocenters. The molecule has 0 saturated heterocycles. The molecule has 0 spiro atoms. The fourth-order valence-electron chi connectivity index (χ4n) is 1.54. The van der Waals surface area contributed by atoms with Crippen LogP contribution in [0.15, 0.2) is 16.6 Å². The molecule has 1 aromatic carbocycles. The molecule has 1 aliphatic rings. The Morgan fingerprint density at radius 2 is 2.12 bits per heavy atom. The van der Waals surface area contributed by atoms with Gasteiger partial charge in [0.25, 0.3) is 0 Å². The summed E-state index contributed by atoms with van der Waals surface area (Å²) in [6.07, 6.45) is 2.58. The Kier molecular flexibility index (Phi) is 4.25. The summed E-state index contributed by atoms with van der Waals surface area (Å²) in [5.74, 6) is 1.56. The van der Waals surface area contributed by atoms with Crippen LogP contribution >= 0.6 is 15.9 Å². The fraction of sp³-hybridized carbons (Fsp3) is 0.500. The quantitative estimate of drug-likeness (QED) is 0.820. The number of methoxy groups -OCH3 is 1. The molecular weight excluding hydrogens is 286 g/mol. The predicted octanol–water partition coefficient (Wildman–Crippen LogP) is 2.65. The van der Waals surface area contributed by atoms with Gasteiger partial charge in [0.05, 0.1) is 20.3 Å². The van der Waals surface area contributed by atoms with E-state index in [1.165, 1.54) is 0 Å². The van der Waals surface area contributed by atoms with Crippen LogP contribution in [0.5, 0.6) is 11.5 Å². The van der Waals surface area contributed by atoms with E-state index in [0.29, 0.717) is 12.6 Å². The van der Waals surface area contributed by atoms with Crippen molar-refractivity contribution in [3.8, 4) is 11.5 Å². The van der Waals surface area contributed by atoms with Gasteiger partial charge >= 0.3 is 0 Å². The Labute approximate surface area is 109 Å². The van der Waals surface area contributed by atoms with Crippen LogP contribution in [0.1, 0.15) is 18.4 Å². The second-order valence-corrected chi connectivity index (χ2v) is 4.85. The fourth-order valence-corrected chi connectivity index (χ4v) is 2.03. The first-order chi connectivity index (χ1) is 8.24. The van der Waals surface area contributed by atoms with Crippen LogP contribution in [-0.2, 0) is 11.4 Å². The lowest BCUT2D eigenvalue weighted by Gasteiger charge is -2.15. The normalized spacial score (nSPS) is 14.8. The first-order valence-electron chi connectivity index (χ1n) is 5.53. The van der Waals surface area contributed by atoms with Crippen molar-refractivity contribution in [3.05, 3.63) is 22.2 Å². The zero-order chi connectivity index (χ0) is 12.3. The molecule has 17 heavy (non-hydrogen) atoms. The topological polar surface area (TPSA) is 39.7 Å². The highest BCUT2D eigenvalue weighted by molar-refractivity contribution is 9.10. The zero-order valence-corrected chi connectivity index (χ0v) is 11.5. The third-order valence-electron chi connectivity index (χ3n) is 2.53. The van der Waals surface area contributed by atoms with E-state index in [1.54, 1.807) is 14.2 Å². The van der Waals surface area contributed by atoms with Gasteiger partial charge < -0.3 is 14.3 Å². The molecule has 5 heteroatoms. The molecule has 0 bridgehead atoms. The Balaban J connectivity index is 2.26. The summed E-state index contributed by atoms with van der Waals surface area (Å²) in [6, 6.07) is 3.92. The lowest BCUT2D eigenvalue weighted by Crippen LogP contribution is -2.13. The second kappa shape index (κ2) is 5.71. The molecule has 2 rings (SSSR count). The lowest BCUT2D eigenvalue weighted by molar-refractivity contribution is 0.0857. The van der Waals surface area contributed by atoms with Gasteiger partial charge in [-0.25, -0.2) is 0 Å². The Hall–Kier alpha value is -0.780. The minimum absolute atomic E-state index is 0.339. The van der Waals surface area contributed by atoms with Crippen molar-refractivity contribution in [1.29, 1.82) is 0 Å². The van der Waals surface area contributed by atoms with Crippen LogP contribution in [0.25, 0.3) is 0 Å². The average Bonchev–Trinajstić information content (AvgIpc) is 3.12. The van der Waals surface area contributed by atoms with E-state index in [4.69, 9.17) is 14.3 Å². The average molecular weight is 302 g/mol. The zero-order valence-electron chi connectivity index (χ0n) is 9.96. The third-order valence-corrected chi connectivity index (χ3v) is 2.99. The maximum absolute atomic E-state index is 5.89. The molecule has 1 saturated carbocycles. The van der Waals surface area contributed by atoms with Crippen LogP contribution in [-0.4, -0.2) is 20.3 Å². The number of hydrogen-bond acceptors (Lipinski definition) is 4. The van der Waals surface area contributed by atoms with E-state index in [2.05, 4.69) is 21.4 Å². The molecule has 4 nitrogen and oxygen atoms in total. The summed E-state index contributed by atoms with van der Waals surface area (Å²) < 4.78 is 12.2. The molecule has 1 fully saturated rings. The van der Waals surface area contributed by atoms with Crippen LogP contribution < -0.4 is 15.0 Å². The van der Waals surface area contributed by atoms with E-state index >= 15 is 0 Å². The maximum atomic E-state index is 5.89. The lowest BCUT2D eigenvalue weighted by atomic mass is 10.2. The summed E-state index contributed by atoms with van der Waals surface area (Å²) in [6.45, 7) is 0.578. The van der Waals surface area contributed by atoms with Crippen LogP contribution in [0.2, 0.25) is 0 Å². The minimum Gasteiger partial charge on any atom is -0.493 e. The number of hydrogen-bond donors (Lipinski definition) is 1. The number of halogens is 1. The number of ether oxygens (including phenoxy) is 2. The Morgan fingerprint density at radius 1 is 1.35 bits per heavy atom. The molecule has 1 N–H and O–H groups in total. The van der Waals surface area contributed by atoms with Gasteiger partial charge in [0.15, 0.2) is 11.5 Å². The molecule has 0 atom stereocenters. The number of benzene rings is 1. The summed E-state index contributed by atoms with van der Waals surface area (Å²) in [5.41, 5.74) is 3.84. The number of rotatable bonds is 6. The summed E-state index contributed by atoms with van der Waals surface area (Å²) in [7, 11) is 3.24. The molecule has 0 aromatic heterocycles. The van der Waals surface area contributed by atoms with E-state index in [1.807, 2.05) is 12.1 Å². The monoisotopic (exact) mass is 301 g/mol. The smallest absolute Gasteiger partial charge is 0.166 e. The Bertz CT molecular complexity index is 394. The highest BCUT2D eigenvalue weighted by Crippen LogP contribution is 2.38. The van der Waals surface area contributed by atoms with Crippen molar-refractivity contribution in [2.45, 2.75) is 25.5 Å². The third kappa shape index (κ3) is 3.34. The van der Waals surface area contributed by atoms with E-state index in [-0.39, 0.29) is 0 Å². The summed E-state index contributed by atoms with van der Waals surface area (Å²) >= 11 is 3.46. The van der Waals surface area contributed by atoms with Crippen molar-refractivity contribution in [2.24, 2.45) is 0 Å². The van der Waals surface area contributed by atoms with Crippen LogP contribution in [0.4, 0.5) is 0 Å². The van der Waals surface area contributed by atoms with Gasteiger partial charge in [-0.3, -0.25) is 0 Å². The second-order valence-electron chi connectivity index (χ2n) is 3.94. The summed E-state index contributed by atoms with van der Waals surface area (Å²) in [5, 5.41) is 0. The van der Waals surface area contributed by atoms with E-state index in [0.717, 1.165) is 34.4 Å². The van der Waals surface area contributed by atoms with Gasteiger partial charge in [0.1, 0.15) is 0 Å². The molecule has 0 amide bonds. The van der Waals surface area contributed by atoms with Gasteiger partial charge in [0, 0.05) is 16.6 Å². The molecule has 0 aliphatic heterocycles. The van der Waals surface area contributed by atoms with E-state index in [9.17, 15) is 0 Å². The minimum atomic E-state index is 0.339. The highest BCUT2D eigenvalue weighted by Gasteiger charge is 2.26. The summed E-state index contributed by atoms with van der Waals surface area (Å²) in [4.78, 5) is 4.87. The first-order valence-corrected chi connectivity index (χ1v) is 6.32. The molecule has 0 heterocycles. The molecular formula is C12H16BrNO3. The number of nitrogens with one attached hydrogen (secondary N) is 1. The van der Waals surface area contributed by atoms with Crippen LogP contribution in [0.3, 0.4) is 0 Å². The number of hydroxylamine groups is 1. The van der Waals surface area contributed by atoms with Gasteiger partial charge in [0.2, 0.25) is 0 Å². The van der Waals surface area contributed by atoms with Gasteiger partial charge in [-0.15, -0.1) is 0 Å². The Morgan fingerprint density at radius 3 is 2.71 bits per heavy atom. The van der Waals surface area contributed by atoms with Gasteiger partial charge in [-0.1, -0.05) is 15.9 Å². The molecule has 0 radical (unpaired) electrons. The maximum Gasteiger partial charge on any atom is 0.166 e. The predicted molar refractivity (Wildman–Crippen MR) is 68.2 cm³/mol. The highest BCUT2D eigenvalue weighted by atomic mass is 79.9. The van der Waals surface area contributed by atoms with Crippen molar-refractivity contribution >= 4 is 15.9 Å². The SMILES string of the molecule is CONCc1cc(Br)cc(OC)c1OC1CC1. The van der Waals surface area contributed by atoms with E-state index < -0.39 is 0 Å². The van der Waals surface area contributed by atoms with Crippen LogP contribution in [0, 0.1) is 0 Å². The van der Waals surface area contributed by atoms with Crippen molar-refractivity contribution in [2.75, 3.05) is 14.2 Å². The largest absolute Gasteiger partial charge is 0.493 e. The van der Waals surface area contributed by atoms with Gasteiger partial charge in [-0.2, -0.15) is 5.48 Å². The van der Waals surface area contributed by atoms with Crippen molar-refractivity contribution in [1.82, 2.24) is 5.48 Å². The molecule has 94 valence electrons. The molecule has 1 aliphatic carbocycles. The first kappa shape index (κ1) is 12.7. The van der Waals surface area contributed by atoms with Crippen molar-refractivity contribution < 1.29 is 14.3 Å². The van der Waals surface area contributed by atoms with Crippen molar-refractivity contribution in [3.63, 3.8) is 0 Å². The molecule has 1 aromatic rings. The standard InChI is InChI=1S/C12H16BrNO3/c1-15-11-6-9(13)5-8(7-14-16-2)12(11)17-10-3-4-10/h5-6,10,14H,3-4,7H2,1-2H3.